The van der Waals surface area contributed by atoms with Crippen LogP contribution >= 0.6 is 0 Å². The SMILES string of the molecule is CCCCCC(C)C(C)c1cc(O)c2c(c1)OC(C)(C)C=C2c1cccn1C. The molecule has 1 aromatic heterocycles. The maximum atomic E-state index is 11.0. The Morgan fingerprint density at radius 3 is 2.57 bits per heavy atom. The number of aromatic nitrogens is 1. The van der Waals surface area contributed by atoms with E-state index in [1.54, 1.807) is 0 Å². The zero-order chi connectivity index (χ0) is 20.5. The molecule has 0 bridgehead atoms. The summed E-state index contributed by atoms with van der Waals surface area (Å²) in [6.45, 7) is 11.0. The number of fused-ring (bicyclic) bond motifs is 1. The minimum atomic E-state index is -0.423. The molecule has 0 saturated carbocycles. The van der Waals surface area contributed by atoms with Crippen molar-refractivity contribution < 1.29 is 9.84 Å². The van der Waals surface area contributed by atoms with E-state index in [-0.39, 0.29) is 0 Å². The van der Waals surface area contributed by atoms with Crippen LogP contribution in [0.4, 0.5) is 0 Å². The van der Waals surface area contributed by atoms with Gasteiger partial charge in [0, 0.05) is 24.5 Å². The molecule has 1 N–H and O–H groups in total. The summed E-state index contributed by atoms with van der Waals surface area (Å²) in [6, 6.07) is 8.21. The molecule has 3 nitrogen and oxygen atoms in total. The van der Waals surface area contributed by atoms with E-state index in [1.807, 2.05) is 25.4 Å². The maximum Gasteiger partial charge on any atom is 0.132 e. The van der Waals surface area contributed by atoms with Gasteiger partial charge >= 0.3 is 0 Å². The van der Waals surface area contributed by atoms with Gasteiger partial charge in [0.1, 0.15) is 17.1 Å². The number of aryl methyl sites for hydroxylation is 1. The first kappa shape index (κ1) is 20.6. The molecule has 0 amide bonds. The molecule has 1 aliphatic heterocycles. The number of hydrogen-bond acceptors (Lipinski definition) is 2. The Bertz CT molecular complexity index is 859. The lowest BCUT2D eigenvalue weighted by molar-refractivity contribution is 0.157. The fourth-order valence-electron chi connectivity index (χ4n) is 4.21. The number of hydrogen-bond donors (Lipinski definition) is 1. The topological polar surface area (TPSA) is 34.4 Å². The van der Waals surface area contributed by atoms with E-state index in [0.717, 1.165) is 28.1 Å². The fourth-order valence-corrected chi connectivity index (χ4v) is 4.21. The predicted octanol–water partition coefficient (Wildman–Crippen LogP) is 6.65. The van der Waals surface area contributed by atoms with Gasteiger partial charge in [-0.3, -0.25) is 0 Å². The second-order valence-electron chi connectivity index (χ2n) is 8.94. The first-order valence-electron chi connectivity index (χ1n) is 10.6. The second-order valence-corrected chi connectivity index (χ2v) is 8.94. The molecule has 1 aromatic carbocycles. The number of aromatic hydroxyl groups is 1. The van der Waals surface area contributed by atoms with Gasteiger partial charge in [0.05, 0.1) is 5.56 Å². The summed E-state index contributed by atoms with van der Waals surface area (Å²) in [5.74, 6) is 2.04. The average molecular weight is 382 g/mol. The molecule has 2 unspecified atom stereocenters. The summed E-state index contributed by atoms with van der Waals surface area (Å²) in [6.07, 6.45) is 9.16. The van der Waals surface area contributed by atoms with Crippen LogP contribution in [-0.2, 0) is 7.05 Å². The highest BCUT2D eigenvalue weighted by Crippen LogP contribution is 2.46. The highest BCUT2D eigenvalue weighted by molar-refractivity contribution is 5.87. The zero-order valence-electron chi connectivity index (χ0n) is 18.2. The molecule has 0 aliphatic carbocycles. The normalized spacial score (nSPS) is 17.4. The van der Waals surface area contributed by atoms with Gasteiger partial charge in [-0.1, -0.05) is 46.5 Å². The summed E-state index contributed by atoms with van der Waals surface area (Å²) >= 11 is 0. The van der Waals surface area contributed by atoms with Crippen LogP contribution in [0.1, 0.15) is 83.0 Å². The zero-order valence-corrected chi connectivity index (χ0v) is 18.2. The van der Waals surface area contributed by atoms with Crippen molar-refractivity contribution in [3.63, 3.8) is 0 Å². The summed E-state index contributed by atoms with van der Waals surface area (Å²) in [7, 11) is 2.03. The Morgan fingerprint density at radius 2 is 1.93 bits per heavy atom. The number of ether oxygens (including phenoxy) is 1. The van der Waals surface area contributed by atoms with Gasteiger partial charge in [-0.2, -0.15) is 0 Å². The van der Waals surface area contributed by atoms with Crippen molar-refractivity contribution in [2.75, 3.05) is 0 Å². The monoisotopic (exact) mass is 381 g/mol. The van der Waals surface area contributed by atoms with Gasteiger partial charge < -0.3 is 14.4 Å². The molecule has 152 valence electrons. The first-order valence-corrected chi connectivity index (χ1v) is 10.6. The molecule has 0 radical (unpaired) electrons. The van der Waals surface area contributed by atoms with Crippen molar-refractivity contribution in [1.82, 2.24) is 4.57 Å². The largest absolute Gasteiger partial charge is 0.507 e. The summed E-state index contributed by atoms with van der Waals surface area (Å²) in [5, 5.41) is 11.0. The fraction of sp³-hybridized carbons (Fsp3) is 0.520. The van der Waals surface area contributed by atoms with Crippen molar-refractivity contribution in [2.24, 2.45) is 13.0 Å². The number of unbranched alkanes of at least 4 members (excludes halogenated alkanes) is 2. The Balaban J connectivity index is 1.98. The molecule has 3 heteroatoms. The Kier molecular flexibility index (Phi) is 5.92. The molecule has 28 heavy (non-hydrogen) atoms. The molecule has 2 heterocycles. The van der Waals surface area contributed by atoms with E-state index in [9.17, 15) is 5.11 Å². The quantitative estimate of drug-likeness (QED) is 0.545. The third kappa shape index (κ3) is 4.14. The molecular weight excluding hydrogens is 346 g/mol. The third-order valence-corrected chi connectivity index (χ3v) is 6.10. The van der Waals surface area contributed by atoms with Crippen LogP contribution in [0.25, 0.3) is 5.57 Å². The summed E-state index contributed by atoms with van der Waals surface area (Å²) in [5.41, 5.74) is 3.65. The molecule has 0 fully saturated rings. The number of rotatable bonds is 7. The molecule has 3 rings (SSSR count). The summed E-state index contributed by atoms with van der Waals surface area (Å²) < 4.78 is 8.38. The standard InChI is InChI=1S/C25H35NO2/c1-7-8-9-11-17(2)18(3)19-14-22(27)24-20(21-12-10-13-26(21)6)16-25(4,5)28-23(24)15-19/h10,12-18,27H,7-9,11H2,1-6H3. The van der Waals surface area contributed by atoms with Gasteiger partial charge in [-0.25, -0.2) is 0 Å². The maximum absolute atomic E-state index is 11.0. The lowest BCUT2D eigenvalue weighted by atomic mass is 9.83. The van der Waals surface area contributed by atoms with Gasteiger partial charge in [0.2, 0.25) is 0 Å². The van der Waals surface area contributed by atoms with Crippen LogP contribution in [-0.4, -0.2) is 15.3 Å². The molecule has 2 aromatic rings. The number of phenolic OH excluding ortho intramolecular Hbond substituents is 1. The first-order chi connectivity index (χ1) is 13.2. The van der Waals surface area contributed by atoms with E-state index in [0.29, 0.717) is 17.6 Å². The van der Waals surface area contributed by atoms with Crippen LogP contribution in [0, 0.1) is 5.92 Å². The predicted molar refractivity (Wildman–Crippen MR) is 117 cm³/mol. The Morgan fingerprint density at radius 1 is 1.18 bits per heavy atom. The van der Waals surface area contributed by atoms with Crippen LogP contribution in [0.5, 0.6) is 11.5 Å². The van der Waals surface area contributed by atoms with Crippen molar-refractivity contribution >= 4 is 5.57 Å². The Hall–Kier alpha value is -2.16. The second kappa shape index (κ2) is 8.06. The Labute approximate surface area is 170 Å². The molecular formula is C25H35NO2. The smallest absolute Gasteiger partial charge is 0.132 e. The lowest BCUT2D eigenvalue weighted by Crippen LogP contribution is -2.29. The van der Waals surface area contributed by atoms with Crippen LogP contribution in [0.2, 0.25) is 0 Å². The van der Waals surface area contributed by atoms with Crippen LogP contribution in [0.3, 0.4) is 0 Å². The number of phenols is 1. The number of nitrogens with zero attached hydrogens (tertiary/aromatic N) is 1. The van der Waals surface area contributed by atoms with Crippen LogP contribution in [0.15, 0.2) is 36.5 Å². The van der Waals surface area contributed by atoms with E-state index in [2.05, 4.69) is 57.4 Å². The van der Waals surface area contributed by atoms with Crippen molar-refractivity contribution in [2.45, 2.75) is 71.8 Å². The molecule has 1 aliphatic rings. The van der Waals surface area contributed by atoms with Gasteiger partial charge in [-0.05, 0) is 61.6 Å². The van der Waals surface area contributed by atoms with Crippen molar-refractivity contribution in [3.8, 4) is 11.5 Å². The van der Waals surface area contributed by atoms with E-state index < -0.39 is 5.60 Å². The van der Waals surface area contributed by atoms with E-state index in [1.165, 1.54) is 25.7 Å². The highest BCUT2D eigenvalue weighted by atomic mass is 16.5. The minimum Gasteiger partial charge on any atom is -0.507 e. The molecule has 2 atom stereocenters. The van der Waals surface area contributed by atoms with Crippen molar-refractivity contribution in [3.05, 3.63) is 53.4 Å². The van der Waals surface area contributed by atoms with Crippen molar-refractivity contribution in [1.29, 1.82) is 0 Å². The third-order valence-electron chi connectivity index (χ3n) is 6.10. The van der Waals surface area contributed by atoms with Gasteiger partial charge in [0.15, 0.2) is 0 Å². The molecule has 0 saturated heterocycles. The van der Waals surface area contributed by atoms with E-state index in [4.69, 9.17) is 4.74 Å². The molecule has 0 spiro atoms. The van der Waals surface area contributed by atoms with Crippen LogP contribution < -0.4 is 4.74 Å². The van der Waals surface area contributed by atoms with Gasteiger partial charge in [0.25, 0.3) is 0 Å². The lowest BCUT2D eigenvalue weighted by Gasteiger charge is -2.33. The summed E-state index contributed by atoms with van der Waals surface area (Å²) in [4.78, 5) is 0. The number of benzene rings is 1. The van der Waals surface area contributed by atoms with E-state index >= 15 is 0 Å². The average Bonchev–Trinajstić information content (AvgIpc) is 3.05. The highest BCUT2D eigenvalue weighted by Gasteiger charge is 2.31. The minimum absolute atomic E-state index is 0.308. The van der Waals surface area contributed by atoms with Gasteiger partial charge in [-0.15, -0.1) is 0 Å².